The van der Waals surface area contributed by atoms with E-state index in [9.17, 15) is 9.59 Å². The van der Waals surface area contributed by atoms with Crippen LogP contribution in [0.4, 0.5) is 0 Å². The van der Waals surface area contributed by atoms with Crippen LogP contribution in [0.25, 0.3) is 17.1 Å². The van der Waals surface area contributed by atoms with E-state index in [1.807, 2.05) is 6.92 Å². The van der Waals surface area contributed by atoms with E-state index >= 15 is 0 Å². The van der Waals surface area contributed by atoms with Crippen LogP contribution in [-0.4, -0.2) is 35.6 Å². The minimum Gasteiger partial charge on any atom is -0.478 e. The van der Waals surface area contributed by atoms with Crippen LogP contribution in [-0.2, 0) is 6.54 Å². The number of nitrogens with zero attached hydrogens (tertiary/aromatic N) is 4. The Morgan fingerprint density at radius 2 is 2.05 bits per heavy atom. The third-order valence-electron chi connectivity index (χ3n) is 3.26. The fourth-order valence-electron chi connectivity index (χ4n) is 2.14. The molecule has 0 spiro atoms. The van der Waals surface area contributed by atoms with Crippen LogP contribution >= 0.6 is 0 Å². The molecule has 0 bridgehead atoms. The molecule has 0 atom stereocenters. The van der Waals surface area contributed by atoms with Crippen molar-refractivity contribution < 1.29 is 9.90 Å². The lowest BCUT2D eigenvalue weighted by molar-refractivity contribution is 0.0697. The minimum atomic E-state index is -1.02. The summed E-state index contributed by atoms with van der Waals surface area (Å²) in [5, 5.41) is 19.5. The molecule has 3 aromatic rings. The number of aromatic nitrogens is 5. The number of nitrogens with one attached hydrogen (secondary N) is 1. The lowest BCUT2D eigenvalue weighted by atomic mass is 10.2. The second kappa shape index (κ2) is 5.32. The first-order chi connectivity index (χ1) is 10.6. The quantitative estimate of drug-likeness (QED) is 0.751. The predicted molar refractivity (Wildman–Crippen MR) is 78.0 cm³/mol. The molecule has 2 N–H and O–H groups in total. The van der Waals surface area contributed by atoms with Gasteiger partial charge in [-0.15, -0.1) is 0 Å². The van der Waals surface area contributed by atoms with Gasteiger partial charge in [0, 0.05) is 12.7 Å². The molecule has 0 aliphatic heterocycles. The first-order valence-corrected chi connectivity index (χ1v) is 6.64. The number of hydrogen-bond acceptors (Lipinski definition) is 4. The van der Waals surface area contributed by atoms with Gasteiger partial charge in [0.25, 0.3) is 0 Å². The fourth-order valence-corrected chi connectivity index (χ4v) is 2.14. The van der Waals surface area contributed by atoms with E-state index in [1.54, 1.807) is 29.2 Å². The van der Waals surface area contributed by atoms with E-state index in [-0.39, 0.29) is 5.56 Å². The van der Waals surface area contributed by atoms with Crippen molar-refractivity contribution in [1.82, 2.24) is 24.5 Å². The van der Waals surface area contributed by atoms with Gasteiger partial charge < -0.3 is 5.11 Å². The van der Waals surface area contributed by atoms with Gasteiger partial charge >= 0.3 is 11.7 Å². The highest BCUT2D eigenvalue weighted by atomic mass is 16.4. The Bertz CT molecular complexity index is 873. The fraction of sp³-hybridized carbons (Fsp3) is 0.143. The van der Waals surface area contributed by atoms with Crippen molar-refractivity contribution in [2.45, 2.75) is 13.5 Å². The Hall–Kier alpha value is -3.16. The molecule has 0 unspecified atom stereocenters. The highest BCUT2D eigenvalue weighted by Gasteiger charge is 2.14. The largest absolute Gasteiger partial charge is 0.478 e. The maximum atomic E-state index is 12.0. The van der Waals surface area contributed by atoms with Gasteiger partial charge in [-0.2, -0.15) is 10.2 Å². The van der Waals surface area contributed by atoms with Crippen molar-refractivity contribution in [2.24, 2.45) is 0 Å². The molecule has 0 fully saturated rings. The molecule has 112 valence electrons. The molecule has 0 saturated heterocycles. The van der Waals surface area contributed by atoms with E-state index < -0.39 is 11.7 Å². The molecule has 0 amide bonds. The summed E-state index contributed by atoms with van der Waals surface area (Å²) in [5.74, 6) is -0.594. The highest BCUT2D eigenvalue weighted by molar-refractivity contribution is 5.87. The molecule has 22 heavy (non-hydrogen) atoms. The molecule has 8 heteroatoms. The Kier molecular flexibility index (Phi) is 3.34. The van der Waals surface area contributed by atoms with Gasteiger partial charge in [0.2, 0.25) is 0 Å². The van der Waals surface area contributed by atoms with Crippen LogP contribution in [0.1, 0.15) is 17.3 Å². The molecule has 3 rings (SSSR count). The van der Waals surface area contributed by atoms with E-state index in [1.165, 1.54) is 16.7 Å². The SMILES string of the molecule is CCn1cc(-c2n[nH]c(=O)n2-c2ccc(C(=O)O)cc2)cn1. The van der Waals surface area contributed by atoms with Crippen molar-refractivity contribution in [1.29, 1.82) is 0 Å². The van der Waals surface area contributed by atoms with Crippen LogP contribution in [0.5, 0.6) is 0 Å². The Labute approximate surface area is 124 Å². The van der Waals surface area contributed by atoms with Gasteiger partial charge in [-0.25, -0.2) is 19.3 Å². The van der Waals surface area contributed by atoms with Gasteiger partial charge in [-0.1, -0.05) is 0 Å². The summed E-state index contributed by atoms with van der Waals surface area (Å²) in [6.07, 6.45) is 3.42. The molecule has 2 aromatic heterocycles. The maximum absolute atomic E-state index is 12.0. The second-order valence-electron chi connectivity index (χ2n) is 4.62. The summed E-state index contributed by atoms with van der Waals surface area (Å²) in [6, 6.07) is 6.01. The van der Waals surface area contributed by atoms with Gasteiger partial charge in [-0.05, 0) is 31.2 Å². The number of H-pyrrole nitrogens is 1. The number of carboxylic acids is 1. The van der Waals surface area contributed by atoms with Gasteiger partial charge in [0.1, 0.15) is 0 Å². The first kappa shape index (κ1) is 13.8. The standard InChI is InChI=1S/C14H13N5O3/c1-2-18-8-10(7-15-18)12-16-17-14(22)19(12)11-5-3-9(4-6-11)13(20)21/h3-8H,2H2,1H3,(H,17,22)(H,20,21). The zero-order valence-electron chi connectivity index (χ0n) is 11.7. The number of aromatic amines is 1. The van der Waals surface area contributed by atoms with Gasteiger partial charge in [0.15, 0.2) is 5.82 Å². The summed E-state index contributed by atoms with van der Waals surface area (Å²) in [5.41, 5.74) is 0.980. The number of carboxylic acid groups (broad SMARTS) is 1. The van der Waals surface area contributed by atoms with Gasteiger partial charge in [0.05, 0.1) is 23.0 Å². The lowest BCUT2D eigenvalue weighted by Gasteiger charge is -2.04. The molecule has 0 aliphatic carbocycles. The number of benzene rings is 1. The summed E-state index contributed by atoms with van der Waals surface area (Å²) < 4.78 is 3.11. The van der Waals surface area contributed by atoms with Gasteiger partial charge in [-0.3, -0.25) is 4.68 Å². The predicted octanol–water partition coefficient (Wildman–Crippen LogP) is 1.14. The van der Waals surface area contributed by atoms with E-state index in [4.69, 9.17) is 5.11 Å². The van der Waals surface area contributed by atoms with Crippen LogP contribution in [0, 0.1) is 0 Å². The smallest absolute Gasteiger partial charge is 0.348 e. The zero-order chi connectivity index (χ0) is 15.7. The molecular weight excluding hydrogens is 286 g/mol. The monoisotopic (exact) mass is 299 g/mol. The van der Waals surface area contributed by atoms with E-state index in [0.717, 1.165) is 0 Å². The van der Waals surface area contributed by atoms with Crippen molar-refractivity contribution >= 4 is 5.97 Å². The third-order valence-corrected chi connectivity index (χ3v) is 3.26. The van der Waals surface area contributed by atoms with Crippen molar-refractivity contribution in [3.05, 3.63) is 52.7 Å². The maximum Gasteiger partial charge on any atom is 0.348 e. The number of aryl methyl sites for hydroxylation is 1. The molecule has 0 saturated carbocycles. The lowest BCUT2D eigenvalue weighted by Crippen LogP contribution is -2.15. The Morgan fingerprint density at radius 3 is 2.64 bits per heavy atom. The van der Waals surface area contributed by atoms with Crippen LogP contribution in [0.2, 0.25) is 0 Å². The van der Waals surface area contributed by atoms with Crippen molar-refractivity contribution in [3.63, 3.8) is 0 Å². The average molecular weight is 299 g/mol. The Morgan fingerprint density at radius 1 is 1.32 bits per heavy atom. The summed E-state index contributed by atoms with van der Waals surface area (Å²) in [7, 11) is 0. The number of rotatable bonds is 4. The van der Waals surface area contributed by atoms with E-state index in [0.29, 0.717) is 23.6 Å². The number of aromatic carboxylic acids is 1. The van der Waals surface area contributed by atoms with Crippen molar-refractivity contribution in [2.75, 3.05) is 0 Å². The first-order valence-electron chi connectivity index (χ1n) is 6.64. The highest BCUT2D eigenvalue weighted by Crippen LogP contribution is 2.18. The number of carbonyl (C=O) groups is 1. The topological polar surface area (TPSA) is 106 Å². The molecule has 8 nitrogen and oxygen atoms in total. The molecule has 2 heterocycles. The summed E-state index contributed by atoms with van der Waals surface area (Å²) in [6.45, 7) is 2.67. The third kappa shape index (κ3) is 2.30. The number of hydrogen-bond donors (Lipinski definition) is 2. The van der Waals surface area contributed by atoms with E-state index in [2.05, 4.69) is 15.3 Å². The van der Waals surface area contributed by atoms with Crippen LogP contribution < -0.4 is 5.69 Å². The molecule has 0 radical (unpaired) electrons. The Balaban J connectivity index is 2.09. The second-order valence-corrected chi connectivity index (χ2v) is 4.62. The summed E-state index contributed by atoms with van der Waals surface area (Å²) in [4.78, 5) is 22.9. The molecule has 1 aromatic carbocycles. The minimum absolute atomic E-state index is 0.153. The zero-order valence-corrected chi connectivity index (χ0v) is 11.7. The molecule has 0 aliphatic rings. The summed E-state index contributed by atoms with van der Waals surface area (Å²) >= 11 is 0. The normalized spacial score (nSPS) is 10.8. The van der Waals surface area contributed by atoms with Crippen LogP contribution in [0.3, 0.4) is 0 Å². The van der Waals surface area contributed by atoms with Crippen molar-refractivity contribution in [3.8, 4) is 17.1 Å². The molecular formula is C14H13N5O3. The average Bonchev–Trinajstić information content (AvgIpc) is 3.13. The van der Waals surface area contributed by atoms with Crippen LogP contribution in [0.15, 0.2) is 41.5 Å².